The fraction of sp³-hybridized carbons (Fsp3) is 0.333. The summed E-state index contributed by atoms with van der Waals surface area (Å²) in [5, 5.41) is 2.97. The van der Waals surface area contributed by atoms with Crippen molar-refractivity contribution < 1.29 is 22.7 Å². The first-order valence-electron chi connectivity index (χ1n) is 9.65. The standard InChI is InChI=1S/C21H22BrClN2O5S/c1-3-20(27)25-8-6-13-10-14(22)11-18(21(13)25)31(28,29)9-7-19(26)24-15-4-5-17(30-2)16(23)12-15/h4-5,10-12H,3,6-9H2,1-2H3,(H,24,26). The van der Waals surface area contributed by atoms with Crippen molar-refractivity contribution >= 4 is 60.6 Å². The van der Waals surface area contributed by atoms with E-state index in [0.717, 1.165) is 5.56 Å². The Kier molecular flexibility index (Phi) is 7.28. The number of sulfone groups is 1. The number of anilines is 2. The number of fused-ring (bicyclic) bond motifs is 1. The minimum Gasteiger partial charge on any atom is -0.495 e. The number of benzene rings is 2. The Morgan fingerprint density at radius 3 is 2.65 bits per heavy atom. The molecule has 0 atom stereocenters. The van der Waals surface area contributed by atoms with Gasteiger partial charge >= 0.3 is 0 Å². The highest BCUT2D eigenvalue weighted by Gasteiger charge is 2.32. The van der Waals surface area contributed by atoms with Crippen LogP contribution in [0.5, 0.6) is 5.75 Å². The van der Waals surface area contributed by atoms with Crippen molar-refractivity contribution in [3.05, 3.63) is 45.4 Å². The molecule has 0 radical (unpaired) electrons. The summed E-state index contributed by atoms with van der Waals surface area (Å²) in [4.78, 5) is 26.3. The van der Waals surface area contributed by atoms with Crippen LogP contribution < -0.4 is 15.0 Å². The second kappa shape index (κ2) is 9.58. The van der Waals surface area contributed by atoms with E-state index in [1.807, 2.05) is 6.07 Å². The molecule has 0 saturated carbocycles. The topological polar surface area (TPSA) is 92.8 Å². The van der Waals surface area contributed by atoms with Gasteiger partial charge in [0, 0.05) is 29.5 Å². The Labute approximate surface area is 194 Å². The lowest BCUT2D eigenvalue weighted by Gasteiger charge is -2.20. The zero-order valence-corrected chi connectivity index (χ0v) is 20.2. The Hall–Kier alpha value is -2.10. The lowest BCUT2D eigenvalue weighted by molar-refractivity contribution is -0.118. The number of amides is 2. The van der Waals surface area contributed by atoms with Gasteiger partial charge in [-0.2, -0.15) is 0 Å². The van der Waals surface area contributed by atoms with Gasteiger partial charge in [-0.15, -0.1) is 0 Å². The summed E-state index contributed by atoms with van der Waals surface area (Å²) < 4.78 is 31.9. The Morgan fingerprint density at radius 1 is 1.26 bits per heavy atom. The van der Waals surface area contributed by atoms with E-state index < -0.39 is 15.7 Å². The summed E-state index contributed by atoms with van der Waals surface area (Å²) in [6, 6.07) is 8.08. The molecule has 2 aromatic carbocycles. The molecule has 7 nitrogen and oxygen atoms in total. The average molecular weight is 530 g/mol. The minimum absolute atomic E-state index is 0.0662. The molecule has 1 aliphatic rings. The van der Waals surface area contributed by atoms with Gasteiger partial charge < -0.3 is 15.0 Å². The Bertz CT molecular complexity index is 1140. The van der Waals surface area contributed by atoms with Gasteiger partial charge in [-0.05, 0) is 42.3 Å². The van der Waals surface area contributed by atoms with E-state index >= 15 is 0 Å². The highest BCUT2D eigenvalue weighted by atomic mass is 79.9. The van der Waals surface area contributed by atoms with Crippen LogP contribution in [0, 0.1) is 0 Å². The maximum atomic E-state index is 13.1. The minimum atomic E-state index is -3.82. The molecular weight excluding hydrogens is 508 g/mol. The number of methoxy groups -OCH3 is 1. The maximum Gasteiger partial charge on any atom is 0.226 e. The summed E-state index contributed by atoms with van der Waals surface area (Å²) in [5.74, 6) is -0.513. The van der Waals surface area contributed by atoms with Gasteiger partial charge in [0.25, 0.3) is 0 Å². The fourth-order valence-corrected chi connectivity index (χ4v) is 5.88. The van der Waals surface area contributed by atoms with E-state index in [2.05, 4.69) is 21.2 Å². The second-order valence-electron chi connectivity index (χ2n) is 7.03. The monoisotopic (exact) mass is 528 g/mol. The van der Waals surface area contributed by atoms with E-state index in [4.69, 9.17) is 16.3 Å². The van der Waals surface area contributed by atoms with Crippen LogP contribution in [-0.4, -0.2) is 39.6 Å². The molecule has 166 valence electrons. The summed E-state index contributed by atoms with van der Waals surface area (Å²) >= 11 is 9.41. The van der Waals surface area contributed by atoms with Crippen molar-refractivity contribution in [1.82, 2.24) is 0 Å². The molecule has 0 saturated heterocycles. The molecule has 0 aliphatic carbocycles. The van der Waals surface area contributed by atoms with Crippen LogP contribution in [-0.2, 0) is 25.8 Å². The van der Waals surface area contributed by atoms with Crippen molar-refractivity contribution in [2.75, 3.05) is 29.6 Å². The fourth-order valence-electron chi connectivity index (χ4n) is 3.45. The third-order valence-electron chi connectivity index (χ3n) is 4.97. The molecule has 1 heterocycles. The van der Waals surface area contributed by atoms with Crippen LogP contribution in [0.15, 0.2) is 39.7 Å². The smallest absolute Gasteiger partial charge is 0.226 e. The molecule has 31 heavy (non-hydrogen) atoms. The van der Waals surface area contributed by atoms with E-state index in [0.29, 0.717) is 39.6 Å². The molecule has 10 heteroatoms. The first kappa shape index (κ1) is 23.6. The van der Waals surface area contributed by atoms with Gasteiger partial charge in [-0.3, -0.25) is 9.59 Å². The largest absolute Gasteiger partial charge is 0.495 e. The van der Waals surface area contributed by atoms with E-state index in [-0.39, 0.29) is 29.4 Å². The zero-order valence-electron chi connectivity index (χ0n) is 17.1. The number of rotatable bonds is 7. The second-order valence-corrected chi connectivity index (χ2v) is 10.4. The van der Waals surface area contributed by atoms with E-state index in [1.165, 1.54) is 24.1 Å². The molecule has 0 spiro atoms. The molecule has 0 bridgehead atoms. The van der Waals surface area contributed by atoms with Crippen LogP contribution in [0.3, 0.4) is 0 Å². The van der Waals surface area contributed by atoms with Gasteiger partial charge in [0.15, 0.2) is 9.84 Å². The SMILES string of the molecule is CCC(=O)N1CCc2cc(Br)cc(S(=O)(=O)CCC(=O)Nc3ccc(OC)c(Cl)c3)c21. The van der Waals surface area contributed by atoms with E-state index in [1.54, 1.807) is 19.1 Å². The van der Waals surface area contributed by atoms with Gasteiger partial charge in [-0.25, -0.2) is 8.42 Å². The normalized spacial score (nSPS) is 13.1. The molecule has 3 rings (SSSR count). The lowest BCUT2D eigenvalue weighted by Crippen LogP contribution is -2.29. The van der Waals surface area contributed by atoms with Gasteiger partial charge in [0.05, 0.1) is 28.5 Å². The number of carbonyl (C=O) groups is 2. The number of halogens is 2. The number of nitrogens with one attached hydrogen (secondary N) is 1. The van der Waals surface area contributed by atoms with Crippen molar-refractivity contribution in [1.29, 1.82) is 0 Å². The van der Waals surface area contributed by atoms with E-state index in [9.17, 15) is 18.0 Å². The molecule has 2 amide bonds. The molecule has 2 aromatic rings. The molecule has 1 aliphatic heterocycles. The average Bonchev–Trinajstić information content (AvgIpc) is 3.15. The molecular formula is C21H22BrClN2O5S. The predicted octanol–water partition coefficient (Wildman–Crippen LogP) is 4.21. The molecule has 0 aromatic heterocycles. The van der Waals surface area contributed by atoms with Gasteiger partial charge in [0.2, 0.25) is 11.8 Å². The first-order chi connectivity index (χ1) is 14.7. The third kappa shape index (κ3) is 5.22. The number of ether oxygens (including phenoxy) is 1. The Balaban J connectivity index is 1.78. The Morgan fingerprint density at radius 2 is 2.00 bits per heavy atom. The lowest BCUT2D eigenvalue weighted by atomic mass is 10.2. The molecule has 0 unspecified atom stereocenters. The molecule has 0 fully saturated rings. The van der Waals surface area contributed by atoms with Crippen LogP contribution in [0.1, 0.15) is 25.3 Å². The maximum absolute atomic E-state index is 13.1. The first-order valence-corrected chi connectivity index (χ1v) is 12.5. The molecule has 1 N–H and O–H groups in total. The van der Waals surface area contributed by atoms with Crippen LogP contribution in [0.2, 0.25) is 5.02 Å². The summed E-state index contributed by atoms with van der Waals surface area (Å²) in [6.07, 6.45) is 0.624. The summed E-state index contributed by atoms with van der Waals surface area (Å²) in [5.41, 5.74) is 1.67. The summed E-state index contributed by atoms with van der Waals surface area (Å²) in [7, 11) is -2.34. The van der Waals surface area contributed by atoms with Gasteiger partial charge in [0.1, 0.15) is 5.75 Å². The van der Waals surface area contributed by atoms with Crippen LogP contribution >= 0.6 is 27.5 Å². The highest BCUT2D eigenvalue weighted by molar-refractivity contribution is 9.10. The predicted molar refractivity (Wildman–Crippen MR) is 124 cm³/mol. The highest BCUT2D eigenvalue weighted by Crippen LogP contribution is 2.38. The number of hydrogen-bond acceptors (Lipinski definition) is 5. The van der Waals surface area contributed by atoms with Crippen LogP contribution in [0.4, 0.5) is 11.4 Å². The zero-order chi connectivity index (χ0) is 22.8. The van der Waals surface area contributed by atoms with Crippen molar-refractivity contribution in [2.45, 2.75) is 31.1 Å². The third-order valence-corrected chi connectivity index (χ3v) is 7.44. The van der Waals surface area contributed by atoms with Crippen molar-refractivity contribution in [3.63, 3.8) is 0 Å². The number of carbonyl (C=O) groups excluding carboxylic acids is 2. The van der Waals surface area contributed by atoms with Gasteiger partial charge in [-0.1, -0.05) is 34.5 Å². The summed E-state index contributed by atoms with van der Waals surface area (Å²) in [6.45, 7) is 2.18. The quantitative estimate of drug-likeness (QED) is 0.580. The van der Waals surface area contributed by atoms with Crippen molar-refractivity contribution in [3.8, 4) is 5.75 Å². The van der Waals surface area contributed by atoms with Crippen LogP contribution in [0.25, 0.3) is 0 Å². The number of hydrogen-bond donors (Lipinski definition) is 1. The number of nitrogens with zero attached hydrogens (tertiary/aromatic N) is 1. The van der Waals surface area contributed by atoms with Crippen molar-refractivity contribution in [2.24, 2.45) is 0 Å².